The number of halogens is 3. The number of nitrogens with zero attached hydrogens (tertiary/aromatic N) is 1. The van der Waals surface area contributed by atoms with Gasteiger partial charge in [-0.25, -0.2) is 4.79 Å². The van der Waals surface area contributed by atoms with Crippen LogP contribution in [0.1, 0.15) is 19.8 Å². The number of piperidine rings is 1. The van der Waals surface area contributed by atoms with E-state index in [4.69, 9.17) is 44.3 Å². The fourth-order valence-electron chi connectivity index (χ4n) is 2.28. The van der Waals surface area contributed by atoms with Gasteiger partial charge < -0.3 is 14.4 Å². The highest BCUT2D eigenvalue weighted by Crippen LogP contribution is 2.33. The fraction of sp³-hybridized carbons (Fsp3) is 0.500. The summed E-state index contributed by atoms with van der Waals surface area (Å²) in [7, 11) is 0. The van der Waals surface area contributed by atoms with Crippen molar-refractivity contribution in [1.82, 2.24) is 4.90 Å². The van der Waals surface area contributed by atoms with Crippen LogP contribution in [-0.2, 0) is 14.3 Å². The zero-order chi connectivity index (χ0) is 17.7. The van der Waals surface area contributed by atoms with Crippen LogP contribution in [0.25, 0.3) is 0 Å². The molecule has 132 valence electrons. The van der Waals surface area contributed by atoms with Gasteiger partial charge in [0.2, 0.25) is 0 Å². The maximum absolute atomic E-state index is 12.0. The summed E-state index contributed by atoms with van der Waals surface area (Å²) in [6.07, 6.45) is 1.94. The molecule has 0 radical (unpaired) electrons. The van der Waals surface area contributed by atoms with E-state index < -0.39 is 5.97 Å². The number of ether oxygens (including phenoxy) is 2. The lowest BCUT2D eigenvalue weighted by atomic mass is 9.99. The topological polar surface area (TPSA) is 55.8 Å². The molecule has 0 bridgehead atoms. The molecule has 1 aromatic carbocycles. The van der Waals surface area contributed by atoms with E-state index in [0.717, 1.165) is 12.8 Å². The molecule has 0 saturated carbocycles. The predicted octanol–water partition coefficient (Wildman–Crippen LogP) is 3.83. The number of rotatable bonds is 5. The van der Waals surface area contributed by atoms with E-state index in [9.17, 15) is 9.59 Å². The second-order valence-corrected chi connectivity index (χ2v) is 6.93. The molecule has 1 aliphatic heterocycles. The summed E-state index contributed by atoms with van der Waals surface area (Å²) in [5, 5.41) is 0.785. The molecular weight excluding hydrogens is 377 g/mol. The third-order valence-electron chi connectivity index (χ3n) is 3.81. The lowest BCUT2D eigenvalue weighted by Crippen LogP contribution is -2.40. The van der Waals surface area contributed by atoms with E-state index in [1.807, 2.05) is 0 Å². The molecule has 0 spiro atoms. The predicted molar refractivity (Wildman–Crippen MR) is 92.9 cm³/mol. The Hall–Kier alpha value is -1.17. The summed E-state index contributed by atoms with van der Waals surface area (Å²) in [6, 6.07) is 2.84. The van der Waals surface area contributed by atoms with Crippen molar-refractivity contribution in [3.8, 4) is 5.75 Å². The van der Waals surface area contributed by atoms with Gasteiger partial charge in [-0.2, -0.15) is 0 Å². The molecule has 0 N–H and O–H groups in total. The first kappa shape index (κ1) is 19.2. The third-order valence-corrected chi connectivity index (χ3v) is 4.83. The zero-order valence-corrected chi connectivity index (χ0v) is 15.5. The molecule has 8 heteroatoms. The highest BCUT2D eigenvalue weighted by atomic mass is 35.5. The van der Waals surface area contributed by atoms with Gasteiger partial charge in [0.25, 0.3) is 5.91 Å². The highest BCUT2D eigenvalue weighted by Gasteiger charge is 2.21. The minimum atomic E-state index is -0.657. The molecule has 1 amide bonds. The van der Waals surface area contributed by atoms with Gasteiger partial charge in [0.05, 0.1) is 15.1 Å². The van der Waals surface area contributed by atoms with Crippen LogP contribution >= 0.6 is 34.8 Å². The summed E-state index contributed by atoms with van der Waals surface area (Å²) in [5.41, 5.74) is 0. The SMILES string of the molecule is CC1CCN(C(=O)COC(=O)COc2cc(Cl)c(Cl)cc2Cl)CC1. The van der Waals surface area contributed by atoms with Crippen molar-refractivity contribution < 1.29 is 19.1 Å². The van der Waals surface area contributed by atoms with E-state index in [1.165, 1.54) is 12.1 Å². The minimum absolute atomic E-state index is 0.192. The van der Waals surface area contributed by atoms with Crippen molar-refractivity contribution in [2.45, 2.75) is 19.8 Å². The lowest BCUT2D eigenvalue weighted by Gasteiger charge is -2.30. The monoisotopic (exact) mass is 393 g/mol. The molecular formula is C16H18Cl3NO4. The van der Waals surface area contributed by atoms with Gasteiger partial charge in [0, 0.05) is 19.2 Å². The summed E-state index contributed by atoms with van der Waals surface area (Å²) < 4.78 is 10.2. The normalized spacial score (nSPS) is 15.2. The maximum Gasteiger partial charge on any atom is 0.344 e. The van der Waals surface area contributed by atoms with Crippen LogP contribution < -0.4 is 4.74 Å². The Morgan fingerprint density at radius 3 is 2.38 bits per heavy atom. The molecule has 1 heterocycles. The molecule has 0 aromatic heterocycles. The van der Waals surface area contributed by atoms with E-state index in [-0.39, 0.29) is 39.9 Å². The van der Waals surface area contributed by atoms with Gasteiger partial charge in [-0.05, 0) is 24.8 Å². The number of hydrogen-bond donors (Lipinski definition) is 0. The summed E-state index contributed by atoms with van der Waals surface area (Å²) in [4.78, 5) is 25.4. The van der Waals surface area contributed by atoms with Crippen molar-refractivity contribution in [1.29, 1.82) is 0 Å². The number of carbonyl (C=O) groups excluding carboxylic acids is 2. The average Bonchev–Trinajstić information content (AvgIpc) is 2.55. The van der Waals surface area contributed by atoms with Crippen molar-refractivity contribution in [2.75, 3.05) is 26.3 Å². The number of esters is 1. The van der Waals surface area contributed by atoms with Gasteiger partial charge in [0.1, 0.15) is 5.75 Å². The molecule has 2 rings (SSSR count). The largest absolute Gasteiger partial charge is 0.480 e. The number of benzene rings is 1. The van der Waals surface area contributed by atoms with Crippen LogP contribution in [0.2, 0.25) is 15.1 Å². The van der Waals surface area contributed by atoms with Crippen LogP contribution in [-0.4, -0.2) is 43.1 Å². The first-order valence-electron chi connectivity index (χ1n) is 7.57. The second kappa shape index (κ2) is 8.79. The number of hydrogen-bond acceptors (Lipinski definition) is 4. The Labute approximate surface area is 155 Å². The Balaban J connectivity index is 1.75. The van der Waals surface area contributed by atoms with Crippen LogP contribution in [0.4, 0.5) is 0 Å². The molecule has 0 aliphatic carbocycles. The van der Waals surface area contributed by atoms with Crippen LogP contribution in [0.3, 0.4) is 0 Å². The van der Waals surface area contributed by atoms with Crippen LogP contribution in [0.15, 0.2) is 12.1 Å². The lowest BCUT2D eigenvalue weighted by molar-refractivity contribution is -0.154. The minimum Gasteiger partial charge on any atom is -0.480 e. The fourth-order valence-corrected chi connectivity index (χ4v) is 2.88. The van der Waals surface area contributed by atoms with E-state index in [1.54, 1.807) is 4.90 Å². The van der Waals surface area contributed by atoms with Gasteiger partial charge in [0.15, 0.2) is 13.2 Å². The molecule has 1 aliphatic rings. The number of likely N-dealkylation sites (tertiary alicyclic amines) is 1. The van der Waals surface area contributed by atoms with Gasteiger partial charge in [-0.3, -0.25) is 4.79 Å². The van der Waals surface area contributed by atoms with Gasteiger partial charge in [-0.1, -0.05) is 41.7 Å². The zero-order valence-electron chi connectivity index (χ0n) is 13.2. The van der Waals surface area contributed by atoms with Crippen molar-refractivity contribution in [2.24, 2.45) is 5.92 Å². The second-order valence-electron chi connectivity index (χ2n) is 5.71. The average molecular weight is 395 g/mol. The molecule has 1 fully saturated rings. The smallest absolute Gasteiger partial charge is 0.344 e. The van der Waals surface area contributed by atoms with Crippen molar-refractivity contribution >= 4 is 46.7 Å². The van der Waals surface area contributed by atoms with E-state index in [2.05, 4.69) is 6.92 Å². The van der Waals surface area contributed by atoms with Crippen LogP contribution in [0, 0.1) is 5.92 Å². The molecule has 24 heavy (non-hydrogen) atoms. The third kappa shape index (κ3) is 5.43. The molecule has 0 atom stereocenters. The summed E-state index contributed by atoms with van der Waals surface area (Å²) in [6.45, 7) is 2.90. The maximum atomic E-state index is 12.0. The summed E-state index contributed by atoms with van der Waals surface area (Å²) in [5.74, 6) is -0.000929. The first-order chi connectivity index (χ1) is 11.4. The molecule has 1 aromatic rings. The number of carbonyl (C=O) groups is 2. The van der Waals surface area contributed by atoms with E-state index >= 15 is 0 Å². The summed E-state index contributed by atoms with van der Waals surface area (Å²) >= 11 is 17.6. The first-order valence-corrected chi connectivity index (χ1v) is 8.71. The van der Waals surface area contributed by atoms with Crippen molar-refractivity contribution in [3.05, 3.63) is 27.2 Å². The Morgan fingerprint density at radius 2 is 1.71 bits per heavy atom. The molecule has 0 unspecified atom stereocenters. The van der Waals surface area contributed by atoms with Crippen molar-refractivity contribution in [3.63, 3.8) is 0 Å². The van der Waals surface area contributed by atoms with Gasteiger partial charge in [-0.15, -0.1) is 0 Å². The van der Waals surface area contributed by atoms with E-state index in [0.29, 0.717) is 19.0 Å². The molecule has 5 nitrogen and oxygen atoms in total. The Bertz CT molecular complexity index is 616. The van der Waals surface area contributed by atoms with Gasteiger partial charge >= 0.3 is 5.97 Å². The Kier molecular flexibility index (Phi) is 7.02. The number of amides is 1. The Morgan fingerprint density at radius 1 is 1.08 bits per heavy atom. The van der Waals surface area contributed by atoms with Crippen LogP contribution in [0.5, 0.6) is 5.75 Å². The highest BCUT2D eigenvalue weighted by molar-refractivity contribution is 6.43. The standard InChI is InChI=1S/C16H18Cl3NO4/c1-10-2-4-20(5-3-10)15(21)8-24-16(22)9-23-14-7-12(18)11(17)6-13(14)19/h6-7,10H,2-5,8-9H2,1H3. The quantitative estimate of drug-likeness (QED) is 0.562. The molecule has 1 saturated heterocycles.